The molecule has 0 aromatic heterocycles. The predicted octanol–water partition coefficient (Wildman–Crippen LogP) is 3.39. The van der Waals surface area contributed by atoms with Gasteiger partial charge in [-0.15, -0.1) is 11.8 Å². The molecule has 0 spiro atoms. The first kappa shape index (κ1) is 15.1. The monoisotopic (exact) mass is 296 g/mol. The van der Waals surface area contributed by atoms with Crippen LogP contribution in [0.3, 0.4) is 0 Å². The second-order valence-corrected chi connectivity index (χ2v) is 5.78. The van der Waals surface area contributed by atoms with Crippen LogP contribution in [0.1, 0.15) is 21.5 Å². The molecule has 0 aliphatic rings. The molecule has 21 heavy (non-hydrogen) atoms. The smallest absolute Gasteiger partial charge is 0.251 e. The summed E-state index contributed by atoms with van der Waals surface area (Å²) in [5, 5.41) is 11.7. The third-order valence-electron chi connectivity index (χ3n) is 2.93. The average molecular weight is 296 g/mol. The molecule has 2 aromatic carbocycles. The van der Waals surface area contributed by atoms with E-state index in [4.69, 9.17) is 5.26 Å². The molecule has 0 aliphatic heterocycles. The van der Waals surface area contributed by atoms with Gasteiger partial charge < -0.3 is 5.32 Å². The lowest BCUT2D eigenvalue weighted by atomic mass is 10.1. The standard InChI is InChI=1S/C17H16N2OS/c1-13-5-7-16(8-6-13)21-10-9-19-17(20)15-4-2-3-14(11-15)12-18/h2-8,11H,9-10H2,1H3,(H,19,20). The minimum Gasteiger partial charge on any atom is -0.351 e. The Balaban J connectivity index is 1.79. The third-order valence-corrected chi connectivity index (χ3v) is 3.94. The van der Waals surface area contributed by atoms with Crippen molar-refractivity contribution in [3.63, 3.8) is 0 Å². The van der Waals surface area contributed by atoms with Crippen LogP contribution in [-0.4, -0.2) is 18.2 Å². The second kappa shape index (κ2) is 7.51. The summed E-state index contributed by atoms with van der Waals surface area (Å²) in [6.45, 7) is 2.65. The van der Waals surface area contributed by atoms with Gasteiger partial charge in [0.1, 0.15) is 0 Å². The number of nitriles is 1. The highest BCUT2D eigenvalue weighted by molar-refractivity contribution is 7.99. The van der Waals surface area contributed by atoms with Gasteiger partial charge in [0.05, 0.1) is 11.6 Å². The molecule has 0 fully saturated rings. The molecule has 0 heterocycles. The second-order valence-electron chi connectivity index (χ2n) is 4.61. The van der Waals surface area contributed by atoms with E-state index in [9.17, 15) is 4.79 Å². The Bertz CT molecular complexity index is 659. The summed E-state index contributed by atoms with van der Waals surface area (Å²) in [6.07, 6.45) is 0. The molecule has 0 saturated heterocycles. The number of amides is 1. The van der Waals surface area contributed by atoms with Crippen molar-refractivity contribution in [3.8, 4) is 6.07 Å². The van der Waals surface area contributed by atoms with Crippen LogP contribution in [0.2, 0.25) is 0 Å². The zero-order valence-corrected chi connectivity index (χ0v) is 12.6. The van der Waals surface area contributed by atoms with Crippen molar-refractivity contribution in [2.24, 2.45) is 0 Å². The van der Waals surface area contributed by atoms with E-state index in [0.717, 1.165) is 5.75 Å². The molecule has 0 atom stereocenters. The summed E-state index contributed by atoms with van der Waals surface area (Å²) in [7, 11) is 0. The molecule has 2 aromatic rings. The Morgan fingerprint density at radius 3 is 2.71 bits per heavy atom. The highest BCUT2D eigenvalue weighted by Gasteiger charge is 2.05. The van der Waals surface area contributed by atoms with Crippen molar-refractivity contribution in [1.29, 1.82) is 5.26 Å². The van der Waals surface area contributed by atoms with Gasteiger partial charge in [0, 0.05) is 22.8 Å². The van der Waals surface area contributed by atoms with E-state index in [0.29, 0.717) is 17.7 Å². The molecule has 0 bridgehead atoms. The molecular formula is C17H16N2OS. The number of aryl methyl sites for hydroxylation is 1. The third kappa shape index (κ3) is 4.66. The highest BCUT2D eigenvalue weighted by Crippen LogP contribution is 2.17. The van der Waals surface area contributed by atoms with Crippen LogP contribution in [-0.2, 0) is 0 Å². The molecule has 3 nitrogen and oxygen atoms in total. The van der Waals surface area contributed by atoms with Gasteiger partial charge in [0.2, 0.25) is 0 Å². The molecule has 0 aliphatic carbocycles. The van der Waals surface area contributed by atoms with Gasteiger partial charge in [0.25, 0.3) is 5.91 Å². The SMILES string of the molecule is Cc1ccc(SCCNC(=O)c2cccc(C#N)c2)cc1. The molecule has 0 unspecified atom stereocenters. The van der Waals surface area contributed by atoms with Gasteiger partial charge in [-0.2, -0.15) is 5.26 Å². The van der Waals surface area contributed by atoms with E-state index in [2.05, 4.69) is 36.5 Å². The van der Waals surface area contributed by atoms with Crippen LogP contribution in [0.25, 0.3) is 0 Å². The highest BCUT2D eigenvalue weighted by atomic mass is 32.2. The number of thioether (sulfide) groups is 1. The lowest BCUT2D eigenvalue weighted by molar-refractivity contribution is 0.0956. The van der Waals surface area contributed by atoms with Crippen LogP contribution in [0.15, 0.2) is 53.4 Å². The minimum absolute atomic E-state index is 0.142. The van der Waals surface area contributed by atoms with Crippen molar-refractivity contribution in [1.82, 2.24) is 5.32 Å². The number of benzene rings is 2. The van der Waals surface area contributed by atoms with E-state index in [1.54, 1.807) is 36.0 Å². The maximum absolute atomic E-state index is 11.9. The summed E-state index contributed by atoms with van der Waals surface area (Å²) in [4.78, 5) is 13.1. The topological polar surface area (TPSA) is 52.9 Å². The fourth-order valence-electron chi connectivity index (χ4n) is 1.80. The fourth-order valence-corrected chi connectivity index (χ4v) is 2.57. The largest absolute Gasteiger partial charge is 0.351 e. The van der Waals surface area contributed by atoms with Gasteiger partial charge in [-0.25, -0.2) is 0 Å². The van der Waals surface area contributed by atoms with E-state index in [-0.39, 0.29) is 5.91 Å². The lowest BCUT2D eigenvalue weighted by Gasteiger charge is -2.06. The van der Waals surface area contributed by atoms with E-state index < -0.39 is 0 Å². The van der Waals surface area contributed by atoms with E-state index in [1.165, 1.54) is 10.5 Å². The maximum Gasteiger partial charge on any atom is 0.251 e. The Morgan fingerprint density at radius 1 is 1.24 bits per heavy atom. The molecule has 0 saturated carbocycles. The zero-order valence-electron chi connectivity index (χ0n) is 11.8. The fraction of sp³-hybridized carbons (Fsp3) is 0.176. The van der Waals surface area contributed by atoms with Gasteiger partial charge >= 0.3 is 0 Å². The Labute approximate surface area is 129 Å². The van der Waals surface area contributed by atoms with Gasteiger partial charge in [-0.1, -0.05) is 23.8 Å². The number of nitrogens with zero attached hydrogens (tertiary/aromatic N) is 1. The minimum atomic E-state index is -0.142. The molecule has 2 rings (SSSR count). The number of carbonyl (C=O) groups is 1. The molecule has 0 radical (unpaired) electrons. The average Bonchev–Trinajstić information content (AvgIpc) is 2.53. The Morgan fingerprint density at radius 2 is 2.00 bits per heavy atom. The molecular weight excluding hydrogens is 280 g/mol. The zero-order chi connectivity index (χ0) is 15.1. The van der Waals surface area contributed by atoms with Crippen molar-refractivity contribution in [2.45, 2.75) is 11.8 Å². The summed E-state index contributed by atoms with van der Waals surface area (Å²) >= 11 is 1.71. The van der Waals surface area contributed by atoms with Crippen LogP contribution < -0.4 is 5.32 Å². The number of carbonyl (C=O) groups excluding carboxylic acids is 1. The van der Waals surface area contributed by atoms with E-state index >= 15 is 0 Å². The maximum atomic E-state index is 11.9. The quantitative estimate of drug-likeness (QED) is 0.679. The van der Waals surface area contributed by atoms with Gasteiger partial charge in [-0.05, 0) is 37.3 Å². The van der Waals surface area contributed by atoms with Crippen molar-refractivity contribution < 1.29 is 4.79 Å². The van der Waals surface area contributed by atoms with Crippen LogP contribution >= 0.6 is 11.8 Å². The van der Waals surface area contributed by atoms with Crippen LogP contribution in [0.4, 0.5) is 0 Å². The number of hydrogen-bond acceptors (Lipinski definition) is 3. The number of nitrogens with one attached hydrogen (secondary N) is 1. The first-order chi connectivity index (χ1) is 10.2. The summed E-state index contributed by atoms with van der Waals surface area (Å²) in [5.74, 6) is 0.670. The first-order valence-electron chi connectivity index (χ1n) is 6.67. The first-order valence-corrected chi connectivity index (χ1v) is 7.65. The predicted molar refractivity (Wildman–Crippen MR) is 85.4 cm³/mol. The van der Waals surface area contributed by atoms with Crippen molar-refractivity contribution >= 4 is 17.7 Å². The Hall–Kier alpha value is -2.25. The number of rotatable bonds is 5. The molecule has 1 amide bonds. The van der Waals surface area contributed by atoms with Crippen LogP contribution in [0.5, 0.6) is 0 Å². The molecule has 106 valence electrons. The van der Waals surface area contributed by atoms with Crippen molar-refractivity contribution in [2.75, 3.05) is 12.3 Å². The van der Waals surface area contributed by atoms with Gasteiger partial charge in [-0.3, -0.25) is 4.79 Å². The summed E-state index contributed by atoms with van der Waals surface area (Å²) in [5.41, 5.74) is 2.26. The van der Waals surface area contributed by atoms with Gasteiger partial charge in [0.15, 0.2) is 0 Å². The van der Waals surface area contributed by atoms with E-state index in [1.807, 2.05) is 6.07 Å². The lowest BCUT2D eigenvalue weighted by Crippen LogP contribution is -2.25. The normalized spacial score (nSPS) is 9.90. The van der Waals surface area contributed by atoms with Crippen molar-refractivity contribution in [3.05, 3.63) is 65.2 Å². The Kier molecular flexibility index (Phi) is 5.42. The number of hydrogen-bond donors (Lipinski definition) is 1. The van der Waals surface area contributed by atoms with Crippen LogP contribution in [0, 0.1) is 18.3 Å². The molecule has 4 heteroatoms. The summed E-state index contributed by atoms with van der Waals surface area (Å²) in [6, 6.07) is 17.1. The summed E-state index contributed by atoms with van der Waals surface area (Å²) < 4.78 is 0. The molecule has 1 N–H and O–H groups in total.